The lowest BCUT2D eigenvalue weighted by atomic mass is 10.1. The molecule has 0 unspecified atom stereocenters. The Bertz CT molecular complexity index is 314. The van der Waals surface area contributed by atoms with Crippen molar-refractivity contribution in [1.29, 1.82) is 0 Å². The van der Waals surface area contributed by atoms with Crippen molar-refractivity contribution in [3.05, 3.63) is 35.4 Å². The fourth-order valence-corrected chi connectivity index (χ4v) is 1.68. The molecule has 1 fully saturated rings. The molecule has 0 bridgehead atoms. The van der Waals surface area contributed by atoms with Crippen LogP contribution in [0.4, 0.5) is 0 Å². The zero-order chi connectivity index (χ0) is 11.4. The Morgan fingerprint density at radius 2 is 1.94 bits per heavy atom. The molecule has 1 aliphatic rings. The second-order valence-electron chi connectivity index (χ2n) is 5.04. The normalized spacial score (nSPS) is 15.7. The van der Waals surface area contributed by atoms with E-state index in [2.05, 4.69) is 43.6 Å². The number of hydroxylamine groups is 1. The van der Waals surface area contributed by atoms with E-state index in [0.717, 1.165) is 19.1 Å². The van der Waals surface area contributed by atoms with Gasteiger partial charge >= 0.3 is 0 Å². The van der Waals surface area contributed by atoms with Crippen LogP contribution in [-0.2, 0) is 11.4 Å². The van der Waals surface area contributed by atoms with Gasteiger partial charge in [-0.2, -0.15) is 5.48 Å². The van der Waals surface area contributed by atoms with Gasteiger partial charge in [0, 0.05) is 6.54 Å². The standard InChI is InChI=1S/C14H21NO/c1-11(2)10-16-15-9-12-3-5-13(6-4-12)14-7-8-14/h3-6,11,14-15H,7-10H2,1-2H3. The van der Waals surface area contributed by atoms with E-state index in [4.69, 9.17) is 4.84 Å². The van der Waals surface area contributed by atoms with Gasteiger partial charge in [-0.3, -0.25) is 0 Å². The number of benzene rings is 1. The summed E-state index contributed by atoms with van der Waals surface area (Å²) in [6.45, 7) is 5.84. The average molecular weight is 219 g/mol. The molecule has 1 aliphatic carbocycles. The summed E-state index contributed by atoms with van der Waals surface area (Å²) in [6.07, 6.45) is 2.74. The van der Waals surface area contributed by atoms with Crippen molar-refractivity contribution in [2.75, 3.05) is 6.61 Å². The van der Waals surface area contributed by atoms with Crippen molar-refractivity contribution in [2.24, 2.45) is 5.92 Å². The lowest BCUT2D eigenvalue weighted by Gasteiger charge is -2.08. The molecule has 0 amide bonds. The Balaban J connectivity index is 1.72. The molecule has 0 heterocycles. The van der Waals surface area contributed by atoms with Crippen molar-refractivity contribution < 1.29 is 4.84 Å². The molecule has 0 atom stereocenters. The van der Waals surface area contributed by atoms with Gasteiger partial charge < -0.3 is 4.84 Å². The summed E-state index contributed by atoms with van der Waals surface area (Å²) in [5, 5.41) is 0. The van der Waals surface area contributed by atoms with Gasteiger partial charge in [0.15, 0.2) is 0 Å². The molecule has 2 nitrogen and oxygen atoms in total. The maximum Gasteiger partial charge on any atom is 0.0705 e. The predicted octanol–water partition coefficient (Wildman–Crippen LogP) is 3.24. The van der Waals surface area contributed by atoms with E-state index in [1.54, 1.807) is 0 Å². The molecule has 16 heavy (non-hydrogen) atoms. The molecule has 2 heteroatoms. The van der Waals surface area contributed by atoms with E-state index in [-0.39, 0.29) is 0 Å². The molecular formula is C14H21NO. The first-order chi connectivity index (χ1) is 7.75. The van der Waals surface area contributed by atoms with Gasteiger partial charge in [-0.15, -0.1) is 0 Å². The van der Waals surface area contributed by atoms with Crippen LogP contribution in [0.15, 0.2) is 24.3 Å². The lowest BCUT2D eigenvalue weighted by molar-refractivity contribution is 0.0196. The van der Waals surface area contributed by atoms with Gasteiger partial charge in [-0.1, -0.05) is 38.1 Å². The second kappa shape index (κ2) is 5.46. The Kier molecular flexibility index (Phi) is 3.97. The number of hydrogen-bond acceptors (Lipinski definition) is 2. The van der Waals surface area contributed by atoms with Crippen LogP contribution >= 0.6 is 0 Å². The van der Waals surface area contributed by atoms with Crippen LogP contribution < -0.4 is 5.48 Å². The smallest absolute Gasteiger partial charge is 0.0705 e. The zero-order valence-corrected chi connectivity index (χ0v) is 10.2. The monoisotopic (exact) mass is 219 g/mol. The average Bonchev–Trinajstić information content (AvgIpc) is 3.09. The molecule has 1 N–H and O–H groups in total. The van der Waals surface area contributed by atoms with Crippen molar-refractivity contribution in [3.63, 3.8) is 0 Å². The molecular weight excluding hydrogens is 198 g/mol. The molecule has 0 aromatic heterocycles. The highest BCUT2D eigenvalue weighted by molar-refractivity contribution is 5.27. The van der Waals surface area contributed by atoms with Crippen LogP contribution in [0.25, 0.3) is 0 Å². The Morgan fingerprint density at radius 3 is 2.50 bits per heavy atom. The highest BCUT2D eigenvalue weighted by Gasteiger charge is 2.22. The van der Waals surface area contributed by atoms with Gasteiger partial charge in [0.2, 0.25) is 0 Å². The van der Waals surface area contributed by atoms with E-state index < -0.39 is 0 Å². The van der Waals surface area contributed by atoms with Gasteiger partial charge in [-0.25, -0.2) is 0 Å². The summed E-state index contributed by atoms with van der Waals surface area (Å²) < 4.78 is 0. The van der Waals surface area contributed by atoms with E-state index >= 15 is 0 Å². The minimum Gasteiger partial charge on any atom is -0.301 e. The minimum absolute atomic E-state index is 0.574. The third-order valence-electron chi connectivity index (χ3n) is 2.82. The summed E-state index contributed by atoms with van der Waals surface area (Å²) in [7, 11) is 0. The first-order valence-electron chi connectivity index (χ1n) is 6.19. The number of nitrogens with one attached hydrogen (secondary N) is 1. The Hall–Kier alpha value is -0.860. The van der Waals surface area contributed by atoms with Crippen LogP contribution in [0.3, 0.4) is 0 Å². The number of hydrogen-bond donors (Lipinski definition) is 1. The number of rotatable bonds is 6. The molecule has 1 aromatic rings. The third-order valence-corrected chi connectivity index (χ3v) is 2.82. The van der Waals surface area contributed by atoms with Crippen molar-refractivity contribution in [1.82, 2.24) is 5.48 Å². The Labute approximate surface area is 98.0 Å². The molecule has 0 spiro atoms. The second-order valence-corrected chi connectivity index (χ2v) is 5.04. The van der Waals surface area contributed by atoms with Crippen LogP contribution in [-0.4, -0.2) is 6.61 Å². The summed E-state index contributed by atoms with van der Waals surface area (Å²) in [5.41, 5.74) is 5.78. The Morgan fingerprint density at radius 1 is 1.25 bits per heavy atom. The van der Waals surface area contributed by atoms with E-state index in [1.165, 1.54) is 24.0 Å². The third kappa shape index (κ3) is 3.62. The van der Waals surface area contributed by atoms with E-state index in [9.17, 15) is 0 Å². The molecule has 1 saturated carbocycles. The summed E-state index contributed by atoms with van der Waals surface area (Å²) in [4.78, 5) is 5.34. The maximum absolute atomic E-state index is 5.34. The fraction of sp³-hybridized carbons (Fsp3) is 0.571. The SMILES string of the molecule is CC(C)CONCc1ccc(C2CC2)cc1. The highest BCUT2D eigenvalue weighted by Crippen LogP contribution is 2.39. The van der Waals surface area contributed by atoms with Gasteiger partial charge in [0.05, 0.1) is 6.61 Å². The van der Waals surface area contributed by atoms with Crippen molar-refractivity contribution >= 4 is 0 Å². The molecule has 0 saturated heterocycles. The molecule has 0 radical (unpaired) electrons. The van der Waals surface area contributed by atoms with Gasteiger partial charge in [0.25, 0.3) is 0 Å². The van der Waals surface area contributed by atoms with Crippen LogP contribution in [0.1, 0.15) is 43.7 Å². The topological polar surface area (TPSA) is 21.3 Å². The van der Waals surface area contributed by atoms with Crippen LogP contribution in [0.5, 0.6) is 0 Å². The van der Waals surface area contributed by atoms with E-state index in [1.807, 2.05) is 0 Å². The van der Waals surface area contributed by atoms with Crippen molar-refractivity contribution in [2.45, 2.75) is 39.2 Å². The molecule has 1 aromatic carbocycles. The first kappa shape index (κ1) is 11.6. The van der Waals surface area contributed by atoms with Crippen LogP contribution in [0.2, 0.25) is 0 Å². The maximum atomic E-state index is 5.34. The van der Waals surface area contributed by atoms with E-state index in [0.29, 0.717) is 5.92 Å². The first-order valence-corrected chi connectivity index (χ1v) is 6.19. The fourth-order valence-electron chi connectivity index (χ4n) is 1.68. The molecule has 2 rings (SSSR count). The zero-order valence-electron chi connectivity index (χ0n) is 10.2. The molecule has 88 valence electrons. The van der Waals surface area contributed by atoms with Gasteiger partial charge in [0.1, 0.15) is 0 Å². The summed E-state index contributed by atoms with van der Waals surface area (Å²) >= 11 is 0. The lowest BCUT2D eigenvalue weighted by Crippen LogP contribution is -2.17. The highest BCUT2D eigenvalue weighted by atomic mass is 16.6. The molecule has 0 aliphatic heterocycles. The predicted molar refractivity (Wildman–Crippen MR) is 66.0 cm³/mol. The minimum atomic E-state index is 0.574. The quantitative estimate of drug-likeness (QED) is 0.586. The summed E-state index contributed by atoms with van der Waals surface area (Å²) in [6, 6.07) is 8.88. The van der Waals surface area contributed by atoms with Gasteiger partial charge in [-0.05, 0) is 35.8 Å². The largest absolute Gasteiger partial charge is 0.301 e. The van der Waals surface area contributed by atoms with Crippen molar-refractivity contribution in [3.8, 4) is 0 Å². The summed E-state index contributed by atoms with van der Waals surface area (Å²) in [5.74, 6) is 1.42. The van der Waals surface area contributed by atoms with Crippen LogP contribution in [0, 0.1) is 5.92 Å².